The van der Waals surface area contributed by atoms with E-state index in [-0.39, 0.29) is 5.78 Å². The normalized spacial score (nSPS) is 11.0. The van der Waals surface area contributed by atoms with Crippen LogP contribution in [0.4, 0.5) is 5.69 Å². The molecule has 0 heterocycles. The first-order chi connectivity index (χ1) is 8.51. The minimum atomic E-state index is -0.0865. The molecule has 1 aromatic rings. The van der Waals surface area contributed by atoms with Crippen LogP contribution in [0.3, 0.4) is 0 Å². The molecular formula is C14H16ClNO2. The predicted molar refractivity (Wildman–Crippen MR) is 75.2 cm³/mol. The van der Waals surface area contributed by atoms with Crippen LogP contribution in [-0.4, -0.2) is 12.9 Å². The summed E-state index contributed by atoms with van der Waals surface area (Å²) in [7, 11) is 1.54. The number of allylic oxidation sites excluding steroid dienone is 2. The Labute approximate surface area is 112 Å². The second-order valence-electron chi connectivity index (χ2n) is 3.68. The predicted octanol–water partition coefficient (Wildman–Crippen LogP) is 3.81. The van der Waals surface area contributed by atoms with Crippen molar-refractivity contribution in [3.63, 3.8) is 0 Å². The molecule has 1 aromatic carbocycles. The Morgan fingerprint density at radius 2 is 2.17 bits per heavy atom. The standard InChI is InChI=1S/C14H16ClNO2/c1-5-12(9(2)10(3)17)16-13-8-6-7-11(15)14(13)18-4/h5-8,16H,2H2,1,3-4H3/b12-5-. The second-order valence-corrected chi connectivity index (χ2v) is 4.09. The number of Topliss-reactive ketones (excluding diaryl/α,β-unsaturated/α-hetero) is 1. The van der Waals surface area contributed by atoms with Crippen molar-refractivity contribution in [1.29, 1.82) is 0 Å². The molecule has 18 heavy (non-hydrogen) atoms. The second kappa shape index (κ2) is 6.26. The lowest BCUT2D eigenvalue weighted by Gasteiger charge is -2.15. The molecule has 0 atom stereocenters. The highest BCUT2D eigenvalue weighted by molar-refractivity contribution is 6.32. The Balaban J connectivity index is 3.07. The third-order valence-electron chi connectivity index (χ3n) is 2.48. The van der Waals surface area contributed by atoms with Gasteiger partial charge in [-0.3, -0.25) is 4.79 Å². The van der Waals surface area contributed by atoms with Crippen LogP contribution in [0.25, 0.3) is 0 Å². The van der Waals surface area contributed by atoms with Crippen molar-refractivity contribution >= 4 is 23.1 Å². The highest BCUT2D eigenvalue weighted by atomic mass is 35.5. The number of hydrogen-bond acceptors (Lipinski definition) is 3. The smallest absolute Gasteiger partial charge is 0.161 e. The van der Waals surface area contributed by atoms with Gasteiger partial charge in [0.1, 0.15) is 0 Å². The quantitative estimate of drug-likeness (QED) is 0.650. The topological polar surface area (TPSA) is 38.3 Å². The molecule has 0 amide bonds. The van der Waals surface area contributed by atoms with Gasteiger partial charge in [-0.25, -0.2) is 0 Å². The fourth-order valence-corrected chi connectivity index (χ4v) is 1.72. The molecule has 0 unspecified atom stereocenters. The van der Waals surface area contributed by atoms with Gasteiger partial charge in [0, 0.05) is 11.3 Å². The summed E-state index contributed by atoms with van der Waals surface area (Å²) in [5.41, 5.74) is 1.75. The molecule has 0 aromatic heterocycles. The molecule has 4 heteroatoms. The summed E-state index contributed by atoms with van der Waals surface area (Å²) >= 11 is 6.02. The first kappa shape index (κ1) is 14.3. The van der Waals surface area contributed by atoms with Crippen molar-refractivity contribution in [3.8, 4) is 5.75 Å². The largest absolute Gasteiger partial charge is 0.493 e. The van der Waals surface area contributed by atoms with Crippen LogP contribution in [-0.2, 0) is 4.79 Å². The van der Waals surface area contributed by atoms with Gasteiger partial charge >= 0.3 is 0 Å². The maximum atomic E-state index is 11.3. The van der Waals surface area contributed by atoms with E-state index in [0.29, 0.717) is 27.7 Å². The molecule has 1 rings (SSSR count). The summed E-state index contributed by atoms with van der Waals surface area (Å²) in [5.74, 6) is 0.450. The lowest BCUT2D eigenvalue weighted by Crippen LogP contribution is -2.08. The van der Waals surface area contributed by atoms with Gasteiger partial charge in [-0.2, -0.15) is 0 Å². The van der Waals surface area contributed by atoms with E-state index in [0.717, 1.165) is 0 Å². The maximum absolute atomic E-state index is 11.3. The monoisotopic (exact) mass is 265 g/mol. The van der Waals surface area contributed by atoms with Crippen LogP contribution in [0.2, 0.25) is 5.02 Å². The number of para-hydroxylation sites is 1. The molecule has 0 radical (unpaired) electrons. The zero-order valence-electron chi connectivity index (χ0n) is 10.7. The molecule has 0 aliphatic carbocycles. The third kappa shape index (κ3) is 3.14. The number of ether oxygens (including phenoxy) is 1. The first-order valence-electron chi connectivity index (χ1n) is 5.47. The Morgan fingerprint density at radius 1 is 1.50 bits per heavy atom. The van der Waals surface area contributed by atoms with Crippen LogP contribution >= 0.6 is 11.6 Å². The molecule has 0 aliphatic rings. The molecule has 0 aliphatic heterocycles. The van der Waals surface area contributed by atoms with Crippen LogP contribution in [0, 0.1) is 0 Å². The molecule has 0 bridgehead atoms. The number of ketones is 1. The zero-order chi connectivity index (χ0) is 13.7. The minimum Gasteiger partial charge on any atom is -0.493 e. The van der Waals surface area contributed by atoms with Gasteiger partial charge in [0.2, 0.25) is 0 Å². The SMILES string of the molecule is C=C(C(C)=O)/C(=C/C)Nc1cccc(Cl)c1OC. The van der Waals surface area contributed by atoms with Crippen molar-refractivity contribution in [1.82, 2.24) is 0 Å². The van der Waals surface area contributed by atoms with Crippen LogP contribution in [0.1, 0.15) is 13.8 Å². The minimum absolute atomic E-state index is 0.0865. The van der Waals surface area contributed by atoms with Gasteiger partial charge in [-0.05, 0) is 26.0 Å². The number of benzene rings is 1. The number of halogens is 1. The van der Waals surface area contributed by atoms with Gasteiger partial charge in [0.25, 0.3) is 0 Å². The van der Waals surface area contributed by atoms with Crippen molar-refractivity contribution in [3.05, 3.63) is 47.1 Å². The number of nitrogens with one attached hydrogen (secondary N) is 1. The molecule has 0 spiro atoms. The first-order valence-corrected chi connectivity index (χ1v) is 5.85. The summed E-state index contributed by atoms with van der Waals surface area (Å²) in [4.78, 5) is 11.3. The average molecular weight is 266 g/mol. The third-order valence-corrected chi connectivity index (χ3v) is 2.78. The summed E-state index contributed by atoms with van der Waals surface area (Å²) in [6.45, 7) is 7.05. The highest BCUT2D eigenvalue weighted by Gasteiger charge is 2.11. The van der Waals surface area contributed by atoms with E-state index in [2.05, 4.69) is 11.9 Å². The van der Waals surface area contributed by atoms with Crippen molar-refractivity contribution in [2.45, 2.75) is 13.8 Å². The lowest BCUT2D eigenvalue weighted by molar-refractivity contribution is -0.113. The zero-order valence-corrected chi connectivity index (χ0v) is 11.5. The van der Waals surface area contributed by atoms with Crippen LogP contribution in [0.15, 0.2) is 42.1 Å². The number of hydrogen-bond donors (Lipinski definition) is 1. The molecule has 0 fully saturated rings. The number of methoxy groups -OCH3 is 1. The summed E-state index contributed by atoms with van der Waals surface area (Å²) in [6.07, 6.45) is 1.78. The Bertz CT molecular complexity index is 507. The molecule has 1 N–H and O–H groups in total. The molecule has 0 saturated heterocycles. The van der Waals surface area contributed by atoms with Gasteiger partial charge in [0.05, 0.1) is 17.8 Å². The van der Waals surface area contributed by atoms with E-state index in [1.54, 1.807) is 25.3 Å². The van der Waals surface area contributed by atoms with Crippen molar-refractivity contribution in [2.75, 3.05) is 12.4 Å². The molecule has 0 saturated carbocycles. The molecule has 3 nitrogen and oxygen atoms in total. The van der Waals surface area contributed by atoms with Gasteiger partial charge in [0.15, 0.2) is 11.5 Å². The summed E-state index contributed by atoms with van der Waals surface area (Å²) in [6, 6.07) is 5.36. The summed E-state index contributed by atoms with van der Waals surface area (Å²) < 4.78 is 5.23. The Hall–Kier alpha value is -1.74. The Morgan fingerprint density at radius 3 is 2.67 bits per heavy atom. The van der Waals surface area contributed by atoms with Crippen molar-refractivity contribution in [2.24, 2.45) is 0 Å². The maximum Gasteiger partial charge on any atom is 0.161 e. The average Bonchev–Trinajstić information content (AvgIpc) is 2.35. The van der Waals surface area contributed by atoms with Crippen molar-refractivity contribution < 1.29 is 9.53 Å². The number of rotatable bonds is 5. The number of anilines is 1. The van der Waals surface area contributed by atoms with E-state index >= 15 is 0 Å². The fraction of sp³-hybridized carbons (Fsp3) is 0.214. The van der Waals surface area contributed by atoms with E-state index < -0.39 is 0 Å². The molecular weight excluding hydrogens is 250 g/mol. The lowest BCUT2D eigenvalue weighted by atomic mass is 10.1. The highest BCUT2D eigenvalue weighted by Crippen LogP contribution is 2.33. The molecule has 96 valence electrons. The van der Waals surface area contributed by atoms with Gasteiger partial charge in [-0.15, -0.1) is 0 Å². The Kier molecular flexibility index (Phi) is 4.98. The van der Waals surface area contributed by atoms with Crippen LogP contribution in [0.5, 0.6) is 5.75 Å². The number of carbonyl (C=O) groups excluding carboxylic acids is 1. The van der Waals surface area contributed by atoms with Crippen LogP contribution < -0.4 is 10.1 Å². The number of carbonyl (C=O) groups is 1. The fourth-order valence-electron chi connectivity index (χ4n) is 1.47. The summed E-state index contributed by atoms with van der Waals surface area (Å²) in [5, 5.41) is 3.61. The van der Waals surface area contributed by atoms with E-state index in [1.807, 2.05) is 13.0 Å². The van der Waals surface area contributed by atoms with E-state index in [4.69, 9.17) is 16.3 Å². The van der Waals surface area contributed by atoms with E-state index in [9.17, 15) is 4.79 Å². The van der Waals surface area contributed by atoms with E-state index in [1.165, 1.54) is 6.92 Å². The van der Waals surface area contributed by atoms with Gasteiger partial charge in [-0.1, -0.05) is 30.3 Å². The van der Waals surface area contributed by atoms with Gasteiger partial charge < -0.3 is 10.1 Å².